The highest BCUT2D eigenvalue weighted by Gasteiger charge is 2.12. The fraction of sp³-hybridized carbons (Fsp3) is 0.364. The van der Waals surface area contributed by atoms with Crippen molar-refractivity contribution in [1.82, 2.24) is 5.32 Å². The molecule has 5 heteroatoms. The Bertz CT molecular complexity index is 368. The largest absolute Gasteiger partial charge is 0.504 e. The van der Waals surface area contributed by atoms with E-state index in [1.165, 1.54) is 18.2 Å². The van der Waals surface area contributed by atoms with Crippen LogP contribution in [0, 0.1) is 0 Å². The quantitative estimate of drug-likeness (QED) is 0.334. The van der Waals surface area contributed by atoms with Crippen LogP contribution in [0.5, 0.6) is 11.5 Å². The van der Waals surface area contributed by atoms with Gasteiger partial charge in [-0.05, 0) is 29.4 Å². The number of phenols is 2. The van der Waals surface area contributed by atoms with Crippen LogP contribution in [0.4, 0.5) is 0 Å². The van der Waals surface area contributed by atoms with Crippen molar-refractivity contribution in [2.45, 2.75) is 12.8 Å². The first-order valence-electron chi connectivity index (χ1n) is 5.02. The highest BCUT2D eigenvalue weighted by Crippen LogP contribution is 2.27. The number of carbonyl (C=O) groups is 1. The molecular weight excluding hydrogens is 321 g/mol. The first-order chi connectivity index (χ1) is 7.66. The molecule has 16 heavy (non-hydrogen) atoms. The molecule has 0 fully saturated rings. The maximum atomic E-state index is 11.6. The second kappa shape index (κ2) is 6.57. The molecule has 88 valence electrons. The number of amides is 1. The Hall–Kier alpha value is -0.980. The molecule has 0 atom stereocenters. The summed E-state index contributed by atoms with van der Waals surface area (Å²) < 4.78 is 1.06. The molecule has 1 aromatic rings. The van der Waals surface area contributed by atoms with Gasteiger partial charge in [0.2, 0.25) is 0 Å². The molecule has 0 aliphatic carbocycles. The van der Waals surface area contributed by atoms with Gasteiger partial charge in [0.15, 0.2) is 11.5 Å². The molecule has 4 nitrogen and oxygen atoms in total. The first-order valence-corrected chi connectivity index (χ1v) is 6.54. The first kappa shape index (κ1) is 13.1. The number of benzene rings is 1. The Labute approximate surface area is 108 Å². The zero-order valence-corrected chi connectivity index (χ0v) is 10.9. The van der Waals surface area contributed by atoms with Crippen molar-refractivity contribution in [2.75, 3.05) is 11.0 Å². The molecule has 0 heterocycles. The fourth-order valence-corrected chi connectivity index (χ4v) is 1.77. The number of unbranched alkanes of at least 4 members (excludes halogenated alkanes) is 1. The molecule has 0 spiro atoms. The molecule has 0 aliphatic rings. The summed E-state index contributed by atoms with van der Waals surface area (Å²) in [5.41, 5.74) is 0.106. The Kier molecular flexibility index (Phi) is 5.37. The molecule has 0 radical (unpaired) electrons. The summed E-state index contributed by atoms with van der Waals surface area (Å²) in [7, 11) is 0. The highest BCUT2D eigenvalue weighted by molar-refractivity contribution is 14.1. The number of rotatable bonds is 5. The molecule has 3 N–H and O–H groups in total. The van der Waals surface area contributed by atoms with E-state index in [2.05, 4.69) is 27.9 Å². The number of nitrogens with one attached hydrogen (secondary N) is 1. The lowest BCUT2D eigenvalue weighted by atomic mass is 10.1. The van der Waals surface area contributed by atoms with Crippen LogP contribution in [0.15, 0.2) is 18.2 Å². The second-order valence-corrected chi connectivity index (χ2v) is 4.40. The molecule has 0 unspecified atom stereocenters. The summed E-state index contributed by atoms with van der Waals surface area (Å²) in [5.74, 6) is -1.00. The van der Waals surface area contributed by atoms with E-state index < -0.39 is 0 Å². The molecule has 0 saturated carbocycles. The third-order valence-electron chi connectivity index (χ3n) is 2.11. The fourth-order valence-electron chi connectivity index (χ4n) is 1.23. The van der Waals surface area contributed by atoms with Crippen molar-refractivity contribution >= 4 is 28.5 Å². The molecule has 0 saturated heterocycles. The van der Waals surface area contributed by atoms with Gasteiger partial charge in [-0.15, -0.1) is 0 Å². The van der Waals surface area contributed by atoms with Gasteiger partial charge in [-0.2, -0.15) is 0 Å². The summed E-state index contributed by atoms with van der Waals surface area (Å²) in [5, 5.41) is 21.4. The van der Waals surface area contributed by atoms with Gasteiger partial charge in [-0.1, -0.05) is 28.7 Å². The van der Waals surface area contributed by atoms with E-state index in [-0.39, 0.29) is 23.0 Å². The number of aromatic hydroxyl groups is 2. The third kappa shape index (κ3) is 3.55. The number of hydrogen-bond acceptors (Lipinski definition) is 3. The number of alkyl halides is 1. The zero-order valence-electron chi connectivity index (χ0n) is 8.74. The van der Waals surface area contributed by atoms with Crippen LogP contribution in [0.2, 0.25) is 0 Å². The van der Waals surface area contributed by atoms with Crippen molar-refractivity contribution in [3.8, 4) is 11.5 Å². The Morgan fingerprint density at radius 1 is 1.31 bits per heavy atom. The summed E-state index contributed by atoms with van der Waals surface area (Å²) in [6.45, 7) is 0.580. The molecule has 0 aromatic heterocycles. The van der Waals surface area contributed by atoms with E-state index in [1.807, 2.05) is 0 Å². The average Bonchev–Trinajstić information content (AvgIpc) is 2.28. The minimum absolute atomic E-state index is 0.106. The van der Waals surface area contributed by atoms with E-state index >= 15 is 0 Å². The normalized spacial score (nSPS) is 10.1. The average molecular weight is 335 g/mol. The molecule has 1 amide bonds. The SMILES string of the molecule is O=C(NCCCCI)c1cccc(O)c1O. The molecule has 0 bridgehead atoms. The van der Waals surface area contributed by atoms with Crippen molar-refractivity contribution in [2.24, 2.45) is 0 Å². The Morgan fingerprint density at radius 3 is 2.75 bits per heavy atom. The van der Waals surface area contributed by atoms with Gasteiger partial charge in [0.25, 0.3) is 5.91 Å². The Balaban J connectivity index is 2.56. The monoisotopic (exact) mass is 335 g/mol. The van der Waals surface area contributed by atoms with Gasteiger partial charge >= 0.3 is 0 Å². The van der Waals surface area contributed by atoms with E-state index in [4.69, 9.17) is 0 Å². The standard InChI is InChI=1S/C11H14INO3/c12-6-1-2-7-13-11(16)8-4-3-5-9(14)10(8)15/h3-5,14-15H,1-2,6-7H2,(H,13,16). The van der Waals surface area contributed by atoms with Crippen LogP contribution in [-0.4, -0.2) is 27.1 Å². The van der Waals surface area contributed by atoms with Gasteiger partial charge in [-0.3, -0.25) is 4.79 Å². The maximum absolute atomic E-state index is 11.6. The van der Waals surface area contributed by atoms with Crippen LogP contribution >= 0.6 is 22.6 Å². The van der Waals surface area contributed by atoms with Crippen molar-refractivity contribution in [3.63, 3.8) is 0 Å². The Morgan fingerprint density at radius 2 is 2.06 bits per heavy atom. The minimum Gasteiger partial charge on any atom is -0.504 e. The van der Waals surface area contributed by atoms with Gasteiger partial charge in [0.05, 0.1) is 5.56 Å². The molecule has 1 rings (SSSR count). The molecule has 1 aromatic carbocycles. The molecular formula is C11H14INO3. The smallest absolute Gasteiger partial charge is 0.255 e. The summed E-state index contributed by atoms with van der Waals surface area (Å²) in [6, 6.07) is 4.33. The van der Waals surface area contributed by atoms with Gasteiger partial charge in [0.1, 0.15) is 0 Å². The predicted octanol–water partition coefficient (Wildman–Crippen LogP) is 2.04. The third-order valence-corrected chi connectivity index (χ3v) is 2.87. The van der Waals surface area contributed by atoms with Gasteiger partial charge in [0, 0.05) is 6.54 Å². The van der Waals surface area contributed by atoms with Crippen LogP contribution in [0.25, 0.3) is 0 Å². The number of hydrogen-bond donors (Lipinski definition) is 3. The summed E-state index contributed by atoms with van der Waals surface area (Å²) in [4.78, 5) is 11.6. The van der Waals surface area contributed by atoms with E-state index in [1.54, 1.807) is 0 Å². The number of para-hydroxylation sites is 1. The number of halogens is 1. The van der Waals surface area contributed by atoms with Crippen molar-refractivity contribution in [3.05, 3.63) is 23.8 Å². The number of carbonyl (C=O) groups excluding carboxylic acids is 1. The lowest BCUT2D eigenvalue weighted by Crippen LogP contribution is -2.24. The van der Waals surface area contributed by atoms with Crippen molar-refractivity contribution in [1.29, 1.82) is 0 Å². The van der Waals surface area contributed by atoms with Crippen molar-refractivity contribution < 1.29 is 15.0 Å². The second-order valence-electron chi connectivity index (χ2n) is 3.33. The topological polar surface area (TPSA) is 69.6 Å². The predicted molar refractivity (Wildman–Crippen MR) is 70.2 cm³/mol. The van der Waals surface area contributed by atoms with Crippen LogP contribution in [0.1, 0.15) is 23.2 Å². The molecule has 0 aliphatic heterocycles. The summed E-state index contributed by atoms with van der Waals surface area (Å²) in [6.07, 6.45) is 1.96. The van der Waals surface area contributed by atoms with Crippen LogP contribution in [-0.2, 0) is 0 Å². The van der Waals surface area contributed by atoms with E-state index in [0.717, 1.165) is 17.3 Å². The maximum Gasteiger partial charge on any atom is 0.255 e. The highest BCUT2D eigenvalue weighted by atomic mass is 127. The zero-order chi connectivity index (χ0) is 12.0. The van der Waals surface area contributed by atoms with Crippen LogP contribution < -0.4 is 5.32 Å². The van der Waals surface area contributed by atoms with Gasteiger partial charge in [-0.25, -0.2) is 0 Å². The van der Waals surface area contributed by atoms with Crippen LogP contribution in [0.3, 0.4) is 0 Å². The minimum atomic E-state index is -0.367. The lowest BCUT2D eigenvalue weighted by molar-refractivity contribution is 0.0950. The summed E-state index contributed by atoms with van der Waals surface area (Å²) >= 11 is 2.28. The van der Waals surface area contributed by atoms with Gasteiger partial charge < -0.3 is 15.5 Å². The van der Waals surface area contributed by atoms with E-state index in [9.17, 15) is 15.0 Å². The van der Waals surface area contributed by atoms with E-state index in [0.29, 0.717) is 6.54 Å². The number of phenolic OH excluding ortho intramolecular Hbond substituents is 2. The lowest BCUT2D eigenvalue weighted by Gasteiger charge is -2.07.